The van der Waals surface area contributed by atoms with Crippen LogP contribution in [0.15, 0.2) is 18.2 Å². The van der Waals surface area contributed by atoms with E-state index >= 15 is 0 Å². The Balaban J connectivity index is 2.90. The molecule has 0 radical (unpaired) electrons. The number of nitrogens with one attached hydrogen (secondary N) is 1. The molecule has 0 amide bonds. The Labute approximate surface area is 96.2 Å². The number of anilines is 2. The third-order valence-electron chi connectivity index (χ3n) is 1.94. The number of hydrogen-bond acceptors (Lipinski definition) is 4. The Kier molecular flexibility index (Phi) is 4.19. The van der Waals surface area contributed by atoms with E-state index in [0.29, 0.717) is 0 Å². The monoisotopic (exact) mass is 250 g/mol. The zero-order valence-corrected chi connectivity index (χ0v) is 9.08. The van der Waals surface area contributed by atoms with Gasteiger partial charge in [-0.25, -0.2) is 0 Å². The Bertz CT molecular complexity index is 382. The van der Waals surface area contributed by atoms with E-state index < -0.39 is 18.0 Å². The third-order valence-corrected chi connectivity index (χ3v) is 1.94. The van der Waals surface area contributed by atoms with Crippen molar-refractivity contribution in [1.82, 2.24) is 0 Å². The van der Waals surface area contributed by atoms with E-state index in [4.69, 9.17) is 5.73 Å². The SMILES string of the molecule is COCC(O)Nc1cc(N)cc(C(F)(F)F)c1. The summed E-state index contributed by atoms with van der Waals surface area (Å²) in [5.74, 6) is 0. The van der Waals surface area contributed by atoms with Gasteiger partial charge in [0.1, 0.15) is 6.23 Å². The second-order valence-electron chi connectivity index (χ2n) is 3.46. The fourth-order valence-corrected chi connectivity index (χ4v) is 1.29. The Hall–Kier alpha value is -1.47. The van der Waals surface area contributed by atoms with E-state index in [1.165, 1.54) is 13.2 Å². The van der Waals surface area contributed by atoms with Gasteiger partial charge in [0.2, 0.25) is 0 Å². The van der Waals surface area contributed by atoms with Gasteiger partial charge in [-0.1, -0.05) is 0 Å². The topological polar surface area (TPSA) is 67.5 Å². The summed E-state index contributed by atoms with van der Waals surface area (Å²) in [5, 5.41) is 11.8. The van der Waals surface area contributed by atoms with E-state index in [1.54, 1.807) is 0 Å². The average molecular weight is 250 g/mol. The van der Waals surface area contributed by atoms with Gasteiger partial charge in [-0.05, 0) is 18.2 Å². The van der Waals surface area contributed by atoms with E-state index in [-0.39, 0.29) is 18.0 Å². The van der Waals surface area contributed by atoms with Gasteiger partial charge in [-0.2, -0.15) is 13.2 Å². The predicted octanol–water partition coefficient (Wildman–Crippen LogP) is 1.66. The largest absolute Gasteiger partial charge is 0.416 e. The zero-order valence-electron chi connectivity index (χ0n) is 9.08. The van der Waals surface area contributed by atoms with Crippen LogP contribution in [0.5, 0.6) is 0 Å². The van der Waals surface area contributed by atoms with E-state index in [2.05, 4.69) is 10.1 Å². The average Bonchev–Trinajstić information content (AvgIpc) is 2.15. The molecule has 0 saturated heterocycles. The molecule has 0 spiro atoms. The molecule has 7 heteroatoms. The highest BCUT2D eigenvalue weighted by Crippen LogP contribution is 2.32. The van der Waals surface area contributed by atoms with Gasteiger partial charge in [-0.15, -0.1) is 0 Å². The van der Waals surface area contributed by atoms with Crippen LogP contribution in [0.2, 0.25) is 0 Å². The van der Waals surface area contributed by atoms with Gasteiger partial charge in [0.15, 0.2) is 0 Å². The van der Waals surface area contributed by atoms with Crippen LogP contribution >= 0.6 is 0 Å². The number of hydrogen-bond donors (Lipinski definition) is 3. The third kappa shape index (κ3) is 4.12. The maximum atomic E-state index is 12.5. The van der Waals surface area contributed by atoms with Crippen molar-refractivity contribution in [1.29, 1.82) is 0 Å². The summed E-state index contributed by atoms with van der Waals surface area (Å²) in [4.78, 5) is 0. The van der Waals surface area contributed by atoms with Crippen molar-refractivity contribution in [2.24, 2.45) is 0 Å². The summed E-state index contributed by atoms with van der Waals surface area (Å²) in [6, 6.07) is 3.00. The molecule has 0 bridgehead atoms. The molecule has 0 aromatic heterocycles. The molecule has 1 unspecified atom stereocenters. The minimum absolute atomic E-state index is 0.0352. The number of ether oxygens (including phenoxy) is 1. The molecule has 0 heterocycles. The summed E-state index contributed by atoms with van der Waals surface area (Å²) in [6.45, 7) is -0.0455. The van der Waals surface area contributed by atoms with Crippen molar-refractivity contribution in [3.8, 4) is 0 Å². The first-order valence-electron chi connectivity index (χ1n) is 4.74. The quantitative estimate of drug-likeness (QED) is 0.561. The van der Waals surface area contributed by atoms with Crippen molar-refractivity contribution in [2.45, 2.75) is 12.4 Å². The number of nitrogen functional groups attached to an aromatic ring is 1. The van der Waals surface area contributed by atoms with Crippen LogP contribution in [0.3, 0.4) is 0 Å². The summed E-state index contributed by atoms with van der Waals surface area (Å²) in [6.07, 6.45) is -5.57. The molecule has 17 heavy (non-hydrogen) atoms. The molecule has 0 fully saturated rings. The zero-order chi connectivity index (χ0) is 13.1. The molecule has 1 rings (SSSR count). The lowest BCUT2D eigenvalue weighted by Gasteiger charge is -2.15. The number of halogens is 3. The number of methoxy groups -OCH3 is 1. The maximum Gasteiger partial charge on any atom is 0.416 e. The van der Waals surface area contributed by atoms with E-state index in [0.717, 1.165) is 12.1 Å². The first-order valence-corrected chi connectivity index (χ1v) is 4.74. The summed E-state index contributed by atoms with van der Waals surface area (Å²) < 4.78 is 42.0. The molecule has 0 aliphatic heterocycles. The molecular weight excluding hydrogens is 237 g/mol. The number of benzene rings is 1. The summed E-state index contributed by atoms with van der Waals surface area (Å²) in [5.41, 5.74) is 4.53. The smallest absolute Gasteiger partial charge is 0.399 e. The van der Waals surface area contributed by atoms with Crippen molar-refractivity contribution >= 4 is 11.4 Å². The summed E-state index contributed by atoms with van der Waals surface area (Å²) in [7, 11) is 1.37. The predicted molar refractivity (Wildman–Crippen MR) is 57.4 cm³/mol. The second-order valence-corrected chi connectivity index (χ2v) is 3.46. The standard InChI is InChI=1S/C10H13F3N2O2/c1-17-5-9(16)15-8-3-6(10(11,12)13)2-7(14)4-8/h2-4,9,15-16H,5,14H2,1H3. The molecule has 4 nitrogen and oxygen atoms in total. The maximum absolute atomic E-state index is 12.5. The van der Waals surface area contributed by atoms with Crippen molar-refractivity contribution < 1.29 is 23.0 Å². The normalized spacial score (nSPS) is 13.5. The van der Waals surface area contributed by atoms with Crippen LogP contribution in [0.1, 0.15) is 5.56 Å². The molecule has 0 aliphatic rings. The van der Waals surface area contributed by atoms with Crippen LogP contribution in [0.25, 0.3) is 0 Å². The minimum Gasteiger partial charge on any atom is -0.399 e. The van der Waals surface area contributed by atoms with Crippen LogP contribution < -0.4 is 11.1 Å². The van der Waals surface area contributed by atoms with Crippen LogP contribution in [0.4, 0.5) is 24.5 Å². The van der Waals surface area contributed by atoms with Crippen LogP contribution in [0, 0.1) is 0 Å². The molecule has 4 N–H and O–H groups in total. The molecular formula is C10H13F3N2O2. The van der Waals surface area contributed by atoms with Gasteiger partial charge >= 0.3 is 6.18 Å². The molecule has 0 saturated carbocycles. The van der Waals surface area contributed by atoms with Crippen molar-refractivity contribution in [3.63, 3.8) is 0 Å². The Morgan fingerprint density at radius 3 is 2.59 bits per heavy atom. The van der Waals surface area contributed by atoms with Crippen LogP contribution in [-0.4, -0.2) is 25.1 Å². The van der Waals surface area contributed by atoms with Gasteiger partial charge < -0.3 is 20.9 Å². The fraction of sp³-hybridized carbons (Fsp3) is 0.400. The minimum atomic E-state index is -4.47. The number of nitrogens with two attached hydrogens (primary N) is 1. The molecule has 1 aromatic rings. The molecule has 1 aromatic carbocycles. The van der Waals surface area contributed by atoms with Gasteiger partial charge in [0.05, 0.1) is 12.2 Å². The highest BCUT2D eigenvalue weighted by Gasteiger charge is 2.31. The Morgan fingerprint density at radius 1 is 1.41 bits per heavy atom. The Morgan fingerprint density at radius 2 is 2.06 bits per heavy atom. The van der Waals surface area contributed by atoms with Gasteiger partial charge in [0.25, 0.3) is 0 Å². The lowest BCUT2D eigenvalue weighted by molar-refractivity contribution is -0.137. The van der Waals surface area contributed by atoms with Gasteiger partial charge in [0, 0.05) is 18.5 Å². The first-order chi connectivity index (χ1) is 7.82. The number of alkyl halides is 3. The molecule has 96 valence electrons. The van der Waals surface area contributed by atoms with E-state index in [1.807, 2.05) is 0 Å². The highest BCUT2D eigenvalue weighted by atomic mass is 19.4. The fourth-order valence-electron chi connectivity index (χ4n) is 1.29. The lowest BCUT2D eigenvalue weighted by Crippen LogP contribution is -2.24. The van der Waals surface area contributed by atoms with Gasteiger partial charge in [-0.3, -0.25) is 0 Å². The second kappa shape index (κ2) is 5.24. The van der Waals surface area contributed by atoms with Crippen molar-refractivity contribution in [2.75, 3.05) is 24.8 Å². The van der Waals surface area contributed by atoms with Crippen molar-refractivity contribution in [3.05, 3.63) is 23.8 Å². The molecule has 0 aliphatic carbocycles. The number of aliphatic hydroxyl groups is 1. The molecule has 1 atom stereocenters. The lowest BCUT2D eigenvalue weighted by atomic mass is 10.1. The van der Waals surface area contributed by atoms with E-state index in [9.17, 15) is 18.3 Å². The number of rotatable bonds is 4. The first kappa shape index (κ1) is 13.6. The highest BCUT2D eigenvalue weighted by molar-refractivity contribution is 5.57. The van der Waals surface area contributed by atoms with Crippen LogP contribution in [-0.2, 0) is 10.9 Å². The number of aliphatic hydroxyl groups excluding tert-OH is 1. The summed E-state index contributed by atoms with van der Waals surface area (Å²) >= 11 is 0.